The quantitative estimate of drug-likeness (QED) is 0.0609. The van der Waals surface area contributed by atoms with E-state index in [4.69, 9.17) is 5.73 Å². The summed E-state index contributed by atoms with van der Waals surface area (Å²) in [4.78, 5) is 26.1. The molecule has 7 rings (SSSR count). The lowest BCUT2D eigenvalue weighted by atomic mass is 9.53. The summed E-state index contributed by atoms with van der Waals surface area (Å²) < 4.78 is 0. The molecule has 0 aromatic heterocycles. The first kappa shape index (κ1) is 42.8. The van der Waals surface area contributed by atoms with Crippen LogP contribution < -0.4 is 21.5 Å². The van der Waals surface area contributed by atoms with Gasteiger partial charge in [0.25, 0.3) is 0 Å². The molecule has 0 aliphatic heterocycles. The highest BCUT2D eigenvalue weighted by molar-refractivity contribution is 5.74. The molecule has 1 fully saturated rings. The molecule has 3 aromatic carbocycles. The number of phenolic OH excluding ortho intramolecular Hbond substituents is 1. The van der Waals surface area contributed by atoms with Crippen molar-refractivity contribution in [2.45, 2.75) is 101 Å². The normalized spacial score (nSPS) is 28.7. The van der Waals surface area contributed by atoms with Crippen LogP contribution in [0.2, 0.25) is 0 Å². The molecule has 10 atom stereocenters. The lowest BCUT2D eigenvalue weighted by molar-refractivity contribution is -0.149. The van der Waals surface area contributed by atoms with Gasteiger partial charge in [-0.15, -0.1) is 0 Å². The minimum atomic E-state index is -0.890. The van der Waals surface area contributed by atoms with Crippen molar-refractivity contribution in [1.29, 1.82) is 0 Å². The highest BCUT2D eigenvalue weighted by Crippen LogP contribution is 2.54. The standard InChI is InChI=1S/C52H66N2O5/c1-54-33-49(57)47-16-8-14-37(10-3-2-4-13-43(34-55)41-18-17-35(27-41)24-26-53)48(38-19-21-46(56)22-20-38)29-36-9-7-15-45(28-36)52(50(47)51(58)59)25-23-42-30-39-11-5-6-12-40(39)31-44(42)32-52/h5-9,11-12,15-16,19-22,27-28,30-31,34,37,41-44,47-50,54,56-57H,2-4,10,13-14,17-18,23-26,29,32-33,53H2,1H3,(H,58,59). The van der Waals surface area contributed by atoms with Gasteiger partial charge in [0, 0.05) is 23.8 Å². The molecule has 3 aromatic rings. The molecule has 0 amide bonds. The fraction of sp³-hybridized carbons (Fsp3) is 0.500. The van der Waals surface area contributed by atoms with Gasteiger partial charge in [0.1, 0.15) is 12.0 Å². The van der Waals surface area contributed by atoms with Crippen molar-refractivity contribution in [2.75, 3.05) is 20.1 Å². The Morgan fingerprint density at radius 2 is 1.75 bits per heavy atom. The molecule has 0 heterocycles. The number of aldehydes is 1. The maximum Gasteiger partial charge on any atom is 0.308 e. The maximum absolute atomic E-state index is 13.9. The molecule has 4 aliphatic carbocycles. The van der Waals surface area contributed by atoms with Gasteiger partial charge in [-0.3, -0.25) is 4.79 Å². The number of carbonyl (C=O) groups excluding carboxylic acids is 1. The van der Waals surface area contributed by atoms with Crippen molar-refractivity contribution in [3.05, 3.63) is 124 Å². The Kier molecular flexibility index (Phi) is 14.4. The van der Waals surface area contributed by atoms with Crippen molar-refractivity contribution in [2.24, 2.45) is 47.2 Å². The molecular weight excluding hydrogens is 733 g/mol. The number of aliphatic hydroxyl groups excluding tert-OH is 1. The Balaban J connectivity index is 1.21. The average Bonchev–Trinajstić information content (AvgIpc) is 3.70. The van der Waals surface area contributed by atoms with E-state index >= 15 is 0 Å². The summed E-state index contributed by atoms with van der Waals surface area (Å²) in [6.45, 7) is 0.949. The number of carboxylic acid groups (broad SMARTS) is 1. The lowest BCUT2D eigenvalue weighted by Gasteiger charge is -2.50. The minimum absolute atomic E-state index is 0.0537. The Morgan fingerprint density at radius 3 is 2.47 bits per heavy atom. The summed E-state index contributed by atoms with van der Waals surface area (Å²) in [5.74, 6) is -0.761. The van der Waals surface area contributed by atoms with E-state index in [-0.39, 0.29) is 29.4 Å². The van der Waals surface area contributed by atoms with Crippen molar-refractivity contribution in [3.63, 3.8) is 0 Å². The van der Waals surface area contributed by atoms with Crippen LogP contribution in [0.1, 0.15) is 99.7 Å². The number of unbranched alkanes of at least 4 members (excludes halogenated alkanes) is 2. The molecule has 0 saturated heterocycles. The van der Waals surface area contributed by atoms with E-state index in [9.17, 15) is 24.9 Å². The largest absolute Gasteiger partial charge is 0.508 e. The first-order valence-electron chi connectivity index (χ1n) is 22.5. The lowest BCUT2D eigenvalue weighted by Crippen LogP contribution is -2.52. The van der Waals surface area contributed by atoms with E-state index in [0.29, 0.717) is 31.3 Å². The smallest absolute Gasteiger partial charge is 0.308 e. The summed E-state index contributed by atoms with van der Waals surface area (Å²) in [6.07, 6.45) is 23.4. The molecule has 2 bridgehead atoms. The minimum Gasteiger partial charge on any atom is -0.508 e. The molecule has 4 aliphatic rings. The number of likely N-dealkylation sites (N-methyl/N-ethyl adjacent to an activating group) is 1. The van der Waals surface area contributed by atoms with Gasteiger partial charge in [-0.2, -0.15) is 0 Å². The van der Waals surface area contributed by atoms with Gasteiger partial charge < -0.3 is 31.2 Å². The number of nitrogens with one attached hydrogen (secondary N) is 1. The highest BCUT2D eigenvalue weighted by atomic mass is 16.4. The number of fused-ring (bicyclic) bond motifs is 5. The van der Waals surface area contributed by atoms with Crippen LogP contribution in [0.25, 0.3) is 12.2 Å². The topological polar surface area (TPSA) is 133 Å². The number of carboxylic acids is 1. The zero-order valence-corrected chi connectivity index (χ0v) is 34.9. The summed E-state index contributed by atoms with van der Waals surface area (Å²) in [6, 6.07) is 25.0. The van der Waals surface area contributed by atoms with E-state index in [2.05, 4.69) is 96.4 Å². The van der Waals surface area contributed by atoms with Gasteiger partial charge in [0.15, 0.2) is 0 Å². The van der Waals surface area contributed by atoms with Gasteiger partial charge in [-0.05, 0) is 147 Å². The highest BCUT2D eigenvalue weighted by Gasteiger charge is 2.53. The number of carbonyl (C=O) groups is 2. The number of aromatic hydroxyl groups is 1. The summed E-state index contributed by atoms with van der Waals surface area (Å²) >= 11 is 0. The maximum atomic E-state index is 13.9. The van der Waals surface area contributed by atoms with Crippen LogP contribution in [-0.2, 0) is 21.4 Å². The predicted octanol–water partition coefficient (Wildman–Crippen LogP) is 7.57. The monoisotopic (exact) mass is 798 g/mol. The van der Waals surface area contributed by atoms with Crippen LogP contribution >= 0.6 is 0 Å². The van der Waals surface area contributed by atoms with Crippen molar-refractivity contribution in [1.82, 2.24) is 5.32 Å². The van der Waals surface area contributed by atoms with Crippen LogP contribution in [0.3, 0.4) is 0 Å². The van der Waals surface area contributed by atoms with Crippen molar-refractivity contribution >= 4 is 24.4 Å². The molecule has 7 heteroatoms. The molecule has 7 nitrogen and oxygen atoms in total. The van der Waals surface area contributed by atoms with Gasteiger partial charge >= 0.3 is 5.97 Å². The van der Waals surface area contributed by atoms with Crippen LogP contribution in [0, 0.1) is 41.4 Å². The third-order valence-electron chi connectivity index (χ3n) is 14.7. The molecular formula is C52H66N2O5. The second-order valence-corrected chi connectivity index (χ2v) is 18.2. The van der Waals surface area contributed by atoms with Crippen molar-refractivity contribution < 1.29 is 24.9 Å². The number of hydrogen-bond acceptors (Lipinski definition) is 6. The van der Waals surface area contributed by atoms with Crippen LogP contribution in [0.4, 0.5) is 0 Å². The van der Waals surface area contributed by atoms with Gasteiger partial charge in [-0.25, -0.2) is 0 Å². The molecule has 314 valence electrons. The number of allylic oxidation sites excluding steroid dienone is 2. The SMILES string of the molecule is CNCC(O)C1C=CCC(CCCCCC(C=O)C2C=C(CCN)CC2)C(c2ccc(O)cc2)Cc2cccc(c2)C2(CCC3C=c4ccccc4=CC3C2)C1C(=O)O. The first-order chi connectivity index (χ1) is 28.7. The first-order valence-corrected chi connectivity index (χ1v) is 22.5. The Bertz CT molecular complexity index is 2070. The summed E-state index contributed by atoms with van der Waals surface area (Å²) in [5, 5.41) is 39.2. The fourth-order valence-electron chi connectivity index (χ4n) is 11.6. The Hall–Kier alpha value is -4.30. The van der Waals surface area contributed by atoms with Crippen LogP contribution in [-0.4, -0.2) is 53.8 Å². The third-order valence-corrected chi connectivity index (χ3v) is 14.7. The number of nitrogens with two attached hydrogens (primary N) is 1. The van der Waals surface area contributed by atoms with E-state index in [0.717, 1.165) is 82.6 Å². The average molecular weight is 799 g/mol. The third kappa shape index (κ3) is 9.85. The van der Waals surface area contributed by atoms with Gasteiger partial charge in [0.05, 0.1) is 12.0 Å². The van der Waals surface area contributed by atoms with E-state index in [1.807, 2.05) is 7.05 Å². The zero-order valence-electron chi connectivity index (χ0n) is 34.9. The molecule has 6 N–H and O–H groups in total. The number of rotatable bonds is 15. The number of hydrogen-bond donors (Lipinski definition) is 5. The molecule has 10 unspecified atom stereocenters. The van der Waals surface area contributed by atoms with E-state index in [1.165, 1.54) is 33.4 Å². The Labute approximate surface area is 351 Å². The fourth-order valence-corrected chi connectivity index (χ4v) is 11.6. The molecule has 59 heavy (non-hydrogen) atoms. The Morgan fingerprint density at radius 1 is 0.966 bits per heavy atom. The molecule has 1 saturated carbocycles. The van der Waals surface area contributed by atoms with Gasteiger partial charge in [-0.1, -0.05) is 116 Å². The number of phenols is 1. The summed E-state index contributed by atoms with van der Waals surface area (Å²) in [7, 11) is 1.81. The van der Waals surface area contributed by atoms with Gasteiger partial charge in [0.2, 0.25) is 0 Å². The predicted molar refractivity (Wildman–Crippen MR) is 237 cm³/mol. The van der Waals surface area contributed by atoms with Crippen molar-refractivity contribution in [3.8, 4) is 5.75 Å². The summed E-state index contributed by atoms with van der Waals surface area (Å²) in [5.41, 5.74) is 9.93. The van der Waals surface area contributed by atoms with E-state index in [1.54, 1.807) is 12.1 Å². The van der Waals surface area contributed by atoms with Crippen LogP contribution in [0.5, 0.6) is 5.75 Å². The number of aliphatic hydroxyl groups is 1. The molecule has 1 spiro atoms. The zero-order chi connectivity index (χ0) is 41.4. The van der Waals surface area contributed by atoms with E-state index < -0.39 is 29.3 Å². The number of aliphatic carboxylic acids is 1. The number of benzene rings is 3. The van der Waals surface area contributed by atoms with Crippen LogP contribution in [0.15, 0.2) is 96.6 Å². The molecule has 0 radical (unpaired) electrons. The second-order valence-electron chi connectivity index (χ2n) is 18.2. The second kappa shape index (κ2) is 19.8.